The highest BCUT2D eigenvalue weighted by Crippen LogP contribution is 2.56. The first-order valence-electron chi connectivity index (χ1n) is 12.4. The van der Waals surface area contributed by atoms with Gasteiger partial charge in [-0.25, -0.2) is 21.6 Å². The third kappa shape index (κ3) is 4.56. The van der Waals surface area contributed by atoms with E-state index in [0.717, 1.165) is 18.4 Å². The summed E-state index contributed by atoms with van der Waals surface area (Å²) in [7, 11) is -2.57. The zero-order valence-corrected chi connectivity index (χ0v) is 21.3. The Morgan fingerprint density at radius 1 is 1.03 bits per heavy atom. The van der Waals surface area contributed by atoms with Crippen molar-refractivity contribution in [2.45, 2.75) is 74.8 Å². The summed E-state index contributed by atoms with van der Waals surface area (Å²) in [5.41, 5.74) is 1.01. The monoisotopic (exact) mass is 520 g/mol. The van der Waals surface area contributed by atoms with Crippen molar-refractivity contribution in [1.82, 2.24) is 9.21 Å². The Balaban J connectivity index is 1.49. The number of hydrogen-bond donors (Lipinski definition) is 0. The Morgan fingerprint density at radius 2 is 1.69 bits per heavy atom. The summed E-state index contributed by atoms with van der Waals surface area (Å²) < 4.78 is 71.6. The summed E-state index contributed by atoms with van der Waals surface area (Å²) >= 11 is 0. The molecule has 1 aliphatic heterocycles. The Labute approximate surface area is 210 Å². The topological polar surface area (TPSA) is 57.7 Å². The third-order valence-corrected chi connectivity index (χ3v) is 10.1. The second kappa shape index (κ2) is 8.87. The van der Waals surface area contributed by atoms with Gasteiger partial charge in [0.05, 0.1) is 4.90 Å². The molecule has 9 heteroatoms. The highest BCUT2D eigenvalue weighted by atomic mass is 32.2. The van der Waals surface area contributed by atoms with Gasteiger partial charge in [-0.1, -0.05) is 29.8 Å². The van der Waals surface area contributed by atoms with Gasteiger partial charge in [-0.05, 0) is 62.6 Å². The first kappa shape index (κ1) is 25.3. The van der Waals surface area contributed by atoms with E-state index < -0.39 is 27.8 Å². The molecule has 2 saturated carbocycles. The maximum atomic E-state index is 14.7. The summed E-state index contributed by atoms with van der Waals surface area (Å²) in [6, 6.07) is 9.60. The zero-order valence-electron chi connectivity index (χ0n) is 20.5. The number of benzene rings is 2. The maximum absolute atomic E-state index is 14.7. The van der Waals surface area contributed by atoms with Crippen LogP contribution in [-0.4, -0.2) is 55.1 Å². The SMILES string of the molecule is Cc1ccc(S(=O)(=O)N2CC3(CC3)CC2C(=O)N(C)C2CCC(F)(F)CC2)c(-c2ccccc2F)c1. The number of likely N-dealkylation sites (N-methyl/N-ethyl adjacent to an activating group) is 1. The average Bonchev–Trinajstić information content (AvgIpc) is 3.47. The molecule has 194 valence electrons. The van der Waals surface area contributed by atoms with E-state index in [4.69, 9.17) is 0 Å². The van der Waals surface area contributed by atoms with Gasteiger partial charge in [0.25, 0.3) is 0 Å². The predicted molar refractivity (Wildman–Crippen MR) is 131 cm³/mol. The summed E-state index contributed by atoms with van der Waals surface area (Å²) in [5, 5.41) is 0. The lowest BCUT2D eigenvalue weighted by Gasteiger charge is -2.37. The van der Waals surface area contributed by atoms with Gasteiger partial charge in [-0.2, -0.15) is 4.31 Å². The van der Waals surface area contributed by atoms with Gasteiger partial charge in [0.1, 0.15) is 11.9 Å². The van der Waals surface area contributed by atoms with E-state index >= 15 is 0 Å². The smallest absolute Gasteiger partial charge is 0.248 e. The normalized spacial score (nSPS) is 23.6. The fourth-order valence-corrected chi connectivity index (χ4v) is 7.61. The molecule has 3 fully saturated rings. The fraction of sp³-hybridized carbons (Fsp3) is 0.519. The summed E-state index contributed by atoms with van der Waals surface area (Å²) in [4.78, 5) is 15.1. The van der Waals surface area contributed by atoms with Crippen LogP contribution in [0.4, 0.5) is 13.2 Å². The van der Waals surface area contributed by atoms with Gasteiger partial charge < -0.3 is 4.90 Å². The second-order valence-electron chi connectivity index (χ2n) is 10.8. The fourth-order valence-electron chi connectivity index (χ4n) is 5.73. The molecular weight excluding hydrogens is 489 g/mol. The molecule has 1 saturated heterocycles. The number of carbonyl (C=O) groups is 1. The first-order valence-corrected chi connectivity index (χ1v) is 13.9. The van der Waals surface area contributed by atoms with Crippen LogP contribution in [0.1, 0.15) is 50.5 Å². The molecule has 0 radical (unpaired) electrons. The molecule has 5 rings (SSSR count). The first-order chi connectivity index (χ1) is 16.9. The molecule has 3 aliphatic rings. The minimum absolute atomic E-state index is 0.0336. The van der Waals surface area contributed by atoms with E-state index in [-0.39, 0.29) is 65.6 Å². The van der Waals surface area contributed by atoms with Crippen molar-refractivity contribution in [3.63, 3.8) is 0 Å². The quantitative estimate of drug-likeness (QED) is 0.532. The van der Waals surface area contributed by atoms with E-state index in [1.165, 1.54) is 21.3 Å². The lowest BCUT2D eigenvalue weighted by molar-refractivity contribution is -0.138. The predicted octanol–water partition coefficient (Wildman–Crippen LogP) is 5.38. The van der Waals surface area contributed by atoms with Gasteiger partial charge in [0.15, 0.2) is 0 Å². The minimum atomic E-state index is -4.16. The van der Waals surface area contributed by atoms with Gasteiger partial charge in [-0.3, -0.25) is 4.79 Å². The molecule has 2 aromatic carbocycles. The van der Waals surface area contributed by atoms with Crippen LogP contribution in [0, 0.1) is 18.2 Å². The van der Waals surface area contributed by atoms with Crippen LogP contribution < -0.4 is 0 Å². The Kier molecular flexibility index (Phi) is 6.23. The summed E-state index contributed by atoms with van der Waals surface area (Å²) in [6.45, 7) is 2.04. The molecule has 0 aromatic heterocycles. The van der Waals surface area contributed by atoms with Crippen molar-refractivity contribution in [2.75, 3.05) is 13.6 Å². The number of aryl methyl sites for hydroxylation is 1. The largest absolute Gasteiger partial charge is 0.341 e. The summed E-state index contributed by atoms with van der Waals surface area (Å²) in [6.07, 6.45) is 1.93. The van der Waals surface area contributed by atoms with E-state index in [2.05, 4.69) is 0 Å². The van der Waals surface area contributed by atoms with E-state index in [1.807, 2.05) is 6.92 Å². The number of rotatable bonds is 5. The van der Waals surface area contributed by atoms with Crippen molar-refractivity contribution in [2.24, 2.45) is 5.41 Å². The molecule has 0 bridgehead atoms. The number of halogens is 3. The van der Waals surface area contributed by atoms with Crippen LogP contribution in [0.3, 0.4) is 0 Å². The number of sulfonamides is 1. The van der Waals surface area contributed by atoms with E-state index in [1.54, 1.807) is 37.4 Å². The number of amides is 1. The van der Waals surface area contributed by atoms with E-state index in [9.17, 15) is 26.4 Å². The van der Waals surface area contributed by atoms with E-state index in [0.29, 0.717) is 6.42 Å². The molecule has 2 aromatic rings. The van der Waals surface area contributed by atoms with Crippen LogP contribution in [0.25, 0.3) is 11.1 Å². The van der Waals surface area contributed by atoms with Crippen LogP contribution >= 0.6 is 0 Å². The average molecular weight is 521 g/mol. The molecule has 0 N–H and O–H groups in total. The lowest BCUT2D eigenvalue weighted by atomic mass is 9.91. The molecule has 1 amide bonds. The van der Waals surface area contributed by atoms with Gasteiger partial charge in [-0.15, -0.1) is 0 Å². The highest BCUT2D eigenvalue weighted by molar-refractivity contribution is 7.89. The Bertz CT molecular complexity index is 1280. The van der Waals surface area contributed by atoms with Crippen molar-refractivity contribution < 1.29 is 26.4 Å². The molecule has 1 spiro atoms. The Hall–Kier alpha value is -2.39. The third-order valence-electron chi connectivity index (χ3n) is 8.18. The second-order valence-corrected chi connectivity index (χ2v) is 12.6. The van der Waals surface area contributed by atoms with Gasteiger partial charge in [0.2, 0.25) is 21.9 Å². The number of alkyl halides is 2. The summed E-state index contributed by atoms with van der Waals surface area (Å²) in [5.74, 6) is -3.59. The number of nitrogens with zero attached hydrogens (tertiary/aromatic N) is 2. The minimum Gasteiger partial charge on any atom is -0.341 e. The van der Waals surface area contributed by atoms with Crippen LogP contribution in [-0.2, 0) is 14.8 Å². The highest BCUT2D eigenvalue weighted by Gasteiger charge is 2.58. The maximum Gasteiger partial charge on any atom is 0.248 e. The van der Waals surface area contributed by atoms with Gasteiger partial charge >= 0.3 is 0 Å². The van der Waals surface area contributed by atoms with Crippen molar-refractivity contribution in [3.8, 4) is 11.1 Å². The molecule has 36 heavy (non-hydrogen) atoms. The van der Waals surface area contributed by atoms with Crippen LogP contribution in [0.2, 0.25) is 0 Å². The van der Waals surface area contributed by atoms with Gasteiger partial charge in [0, 0.05) is 43.6 Å². The number of carbonyl (C=O) groups excluding carboxylic acids is 1. The molecule has 1 atom stereocenters. The molecule has 1 unspecified atom stereocenters. The molecular formula is C27H31F3N2O3S. The lowest BCUT2D eigenvalue weighted by Crippen LogP contribution is -2.50. The molecule has 2 aliphatic carbocycles. The van der Waals surface area contributed by atoms with Crippen LogP contribution in [0.5, 0.6) is 0 Å². The molecule has 1 heterocycles. The zero-order chi connectivity index (χ0) is 25.9. The standard InChI is InChI=1S/C27H31F3N2O3S/c1-18-7-8-24(21(15-18)20-5-3-4-6-22(20)28)36(34,35)32-17-26(13-14-26)16-23(32)25(33)31(2)19-9-11-27(29,30)12-10-19/h3-8,15,19,23H,9-14,16-17H2,1-2H3. The Morgan fingerprint density at radius 3 is 2.33 bits per heavy atom. The number of hydrogen-bond acceptors (Lipinski definition) is 3. The van der Waals surface area contributed by atoms with Crippen molar-refractivity contribution in [1.29, 1.82) is 0 Å². The van der Waals surface area contributed by atoms with Crippen LogP contribution in [0.15, 0.2) is 47.4 Å². The van der Waals surface area contributed by atoms with Crippen molar-refractivity contribution >= 4 is 15.9 Å². The van der Waals surface area contributed by atoms with Crippen molar-refractivity contribution in [3.05, 3.63) is 53.8 Å². The molecule has 5 nitrogen and oxygen atoms in total.